The van der Waals surface area contributed by atoms with Crippen LogP contribution in [0.4, 0.5) is 4.39 Å². The summed E-state index contributed by atoms with van der Waals surface area (Å²) in [7, 11) is 1.81. The maximum absolute atomic E-state index is 13.8. The Hall–Kier alpha value is -1.46. The summed E-state index contributed by atoms with van der Waals surface area (Å²) in [6, 6.07) is 4.85. The first-order valence-electron chi connectivity index (χ1n) is 5.89. The van der Waals surface area contributed by atoms with Crippen molar-refractivity contribution < 1.29 is 8.91 Å². The molecular formula is C13H15ClFN3O. The molecule has 0 aliphatic rings. The van der Waals surface area contributed by atoms with Gasteiger partial charge in [-0.3, -0.25) is 0 Å². The van der Waals surface area contributed by atoms with Gasteiger partial charge >= 0.3 is 0 Å². The van der Waals surface area contributed by atoms with E-state index in [1.54, 1.807) is 19.2 Å². The number of nitrogens with zero attached hydrogens (tertiary/aromatic N) is 2. The molecule has 1 aromatic heterocycles. The lowest BCUT2D eigenvalue weighted by Crippen LogP contribution is -2.33. The van der Waals surface area contributed by atoms with Crippen LogP contribution in [0.3, 0.4) is 0 Å². The van der Waals surface area contributed by atoms with Gasteiger partial charge in [-0.15, -0.1) is 0 Å². The summed E-state index contributed by atoms with van der Waals surface area (Å²) in [5.74, 6) is 0.454. The fourth-order valence-electron chi connectivity index (χ4n) is 1.54. The van der Waals surface area contributed by atoms with E-state index in [-0.39, 0.29) is 11.4 Å². The minimum Gasteiger partial charge on any atom is -0.337 e. The molecule has 0 fully saturated rings. The van der Waals surface area contributed by atoms with Crippen molar-refractivity contribution in [3.05, 3.63) is 46.3 Å². The molecule has 0 amide bonds. The number of benzene rings is 1. The molecule has 19 heavy (non-hydrogen) atoms. The summed E-state index contributed by atoms with van der Waals surface area (Å²) < 4.78 is 18.9. The molecule has 0 radical (unpaired) electrons. The van der Waals surface area contributed by atoms with E-state index < -0.39 is 11.4 Å². The Morgan fingerprint density at radius 2 is 2.16 bits per heavy atom. The van der Waals surface area contributed by atoms with Crippen LogP contribution in [0.25, 0.3) is 0 Å². The van der Waals surface area contributed by atoms with E-state index in [1.807, 2.05) is 13.8 Å². The van der Waals surface area contributed by atoms with Gasteiger partial charge in [-0.05, 0) is 32.5 Å². The average molecular weight is 284 g/mol. The monoisotopic (exact) mass is 283 g/mol. The van der Waals surface area contributed by atoms with Crippen molar-refractivity contribution >= 4 is 11.6 Å². The number of rotatable bonds is 4. The zero-order valence-corrected chi connectivity index (χ0v) is 11.8. The predicted octanol–water partition coefficient (Wildman–Crippen LogP) is 2.91. The highest BCUT2D eigenvalue weighted by atomic mass is 35.5. The SMILES string of the molecule is CNC(C)(C)c1nc(Cc2cccc(Cl)c2F)no1. The van der Waals surface area contributed by atoms with Crippen LogP contribution < -0.4 is 5.32 Å². The molecule has 0 saturated heterocycles. The number of hydrogen-bond donors (Lipinski definition) is 1. The highest BCUT2D eigenvalue weighted by Crippen LogP contribution is 2.21. The molecule has 0 atom stereocenters. The van der Waals surface area contributed by atoms with Crippen LogP contribution in [0.15, 0.2) is 22.7 Å². The van der Waals surface area contributed by atoms with Crippen LogP contribution in [0, 0.1) is 5.82 Å². The standard InChI is InChI=1S/C13H15ClFN3O/c1-13(2,16-3)12-17-10(18-19-12)7-8-5-4-6-9(14)11(8)15/h4-6,16H,7H2,1-3H3. The van der Waals surface area contributed by atoms with Crippen LogP contribution in [-0.4, -0.2) is 17.2 Å². The Morgan fingerprint density at radius 3 is 2.84 bits per heavy atom. The summed E-state index contributed by atoms with van der Waals surface area (Å²) in [5.41, 5.74) is 0.0279. The largest absolute Gasteiger partial charge is 0.337 e. The summed E-state index contributed by atoms with van der Waals surface area (Å²) in [4.78, 5) is 4.27. The fraction of sp³-hybridized carbons (Fsp3) is 0.385. The van der Waals surface area contributed by atoms with E-state index in [0.717, 1.165) is 0 Å². The van der Waals surface area contributed by atoms with Gasteiger partial charge in [0, 0.05) is 6.42 Å². The maximum atomic E-state index is 13.8. The van der Waals surface area contributed by atoms with Crippen molar-refractivity contribution in [2.24, 2.45) is 0 Å². The van der Waals surface area contributed by atoms with E-state index >= 15 is 0 Å². The minimum atomic E-state index is -0.441. The topological polar surface area (TPSA) is 51.0 Å². The fourth-order valence-corrected chi connectivity index (χ4v) is 1.74. The Balaban J connectivity index is 2.23. The first kappa shape index (κ1) is 14.0. The Bertz CT molecular complexity index is 583. The first-order chi connectivity index (χ1) is 8.94. The first-order valence-corrected chi connectivity index (χ1v) is 6.26. The quantitative estimate of drug-likeness (QED) is 0.937. The van der Waals surface area contributed by atoms with Crippen molar-refractivity contribution in [1.82, 2.24) is 15.5 Å². The lowest BCUT2D eigenvalue weighted by Gasteiger charge is -2.17. The van der Waals surface area contributed by atoms with Gasteiger partial charge in [0.15, 0.2) is 5.82 Å². The molecule has 2 rings (SSSR count). The predicted molar refractivity (Wildman–Crippen MR) is 70.6 cm³/mol. The molecule has 0 bridgehead atoms. The summed E-state index contributed by atoms with van der Waals surface area (Å²) in [6.45, 7) is 3.84. The normalized spacial score (nSPS) is 11.8. The second-order valence-corrected chi connectivity index (χ2v) is 5.19. The van der Waals surface area contributed by atoms with Crippen LogP contribution in [0.5, 0.6) is 0 Å². The summed E-state index contributed by atoms with van der Waals surface area (Å²) >= 11 is 5.73. The summed E-state index contributed by atoms with van der Waals surface area (Å²) in [5, 5.41) is 7.02. The molecule has 6 heteroatoms. The second kappa shape index (κ2) is 5.27. The molecule has 4 nitrogen and oxygen atoms in total. The van der Waals surface area contributed by atoms with E-state index in [2.05, 4.69) is 15.5 Å². The van der Waals surface area contributed by atoms with Gasteiger partial charge in [0.2, 0.25) is 5.89 Å². The molecule has 0 aliphatic heterocycles. The number of hydrogen-bond acceptors (Lipinski definition) is 4. The van der Waals surface area contributed by atoms with Gasteiger partial charge in [-0.1, -0.05) is 28.9 Å². The van der Waals surface area contributed by atoms with Crippen LogP contribution in [-0.2, 0) is 12.0 Å². The third-order valence-corrected chi connectivity index (χ3v) is 3.30. The lowest BCUT2D eigenvalue weighted by atomic mass is 10.1. The van der Waals surface area contributed by atoms with Crippen molar-refractivity contribution in [2.45, 2.75) is 25.8 Å². The van der Waals surface area contributed by atoms with Crippen LogP contribution in [0.2, 0.25) is 5.02 Å². The van der Waals surface area contributed by atoms with Gasteiger partial charge < -0.3 is 9.84 Å². The van der Waals surface area contributed by atoms with E-state index in [0.29, 0.717) is 17.3 Å². The minimum absolute atomic E-state index is 0.0942. The number of halogens is 2. The molecule has 1 heterocycles. The van der Waals surface area contributed by atoms with Crippen molar-refractivity contribution in [1.29, 1.82) is 0 Å². The van der Waals surface area contributed by atoms with Crippen molar-refractivity contribution in [3.63, 3.8) is 0 Å². The molecule has 102 valence electrons. The molecular weight excluding hydrogens is 269 g/mol. The zero-order valence-electron chi connectivity index (χ0n) is 11.0. The Labute approximate surface area is 116 Å². The third-order valence-electron chi connectivity index (χ3n) is 3.01. The van der Waals surface area contributed by atoms with Gasteiger partial charge in [-0.2, -0.15) is 4.98 Å². The smallest absolute Gasteiger partial charge is 0.246 e. The van der Waals surface area contributed by atoms with Crippen LogP contribution >= 0.6 is 11.6 Å². The lowest BCUT2D eigenvalue weighted by molar-refractivity contribution is 0.279. The average Bonchev–Trinajstić information content (AvgIpc) is 2.84. The molecule has 1 N–H and O–H groups in total. The van der Waals surface area contributed by atoms with E-state index in [9.17, 15) is 4.39 Å². The number of aromatic nitrogens is 2. The van der Waals surface area contributed by atoms with Gasteiger partial charge in [0.25, 0.3) is 0 Å². The van der Waals surface area contributed by atoms with Crippen molar-refractivity contribution in [3.8, 4) is 0 Å². The molecule has 0 spiro atoms. The van der Waals surface area contributed by atoms with Crippen LogP contribution in [0.1, 0.15) is 31.1 Å². The van der Waals surface area contributed by atoms with Crippen molar-refractivity contribution in [2.75, 3.05) is 7.05 Å². The summed E-state index contributed by atoms with van der Waals surface area (Å²) in [6.07, 6.45) is 0.246. The molecule has 0 unspecified atom stereocenters. The molecule has 1 aromatic carbocycles. The Kier molecular flexibility index (Phi) is 3.87. The second-order valence-electron chi connectivity index (χ2n) is 4.78. The zero-order chi connectivity index (χ0) is 14.0. The maximum Gasteiger partial charge on any atom is 0.246 e. The Morgan fingerprint density at radius 1 is 1.42 bits per heavy atom. The van der Waals surface area contributed by atoms with Gasteiger partial charge in [0.05, 0.1) is 10.6 Å². The van der Waals surface area contributed by atoms with Gasteiger partial charge in [-0.25, -0.2) is 4.39 Å². The van der Waals surface area contributed by atoms with E-state index in [1.165, 1.54) is 6.07 Å². The number of nitrogens with one attached hydrogen (secondary N) is 1. The molecule has 2 aromatic rings. The highest BCUT2D eigenvalue weighted by Gasteiger charge is 2.25. The van der Waals surface area contributed by atoms with E-state index in [4.69, 9.17) is 16.1 Å². The highest BCUT2D eigenvalue weighted by molar-refractivity contribution is 6.30. The third kappa shape index (κ3) is 2.93. The molecule has 0 aliphatic carbocycles. The van der Waals surface area contributed by atoms with Gasteiger partial charge in [0.1, 0.15) is 5.82 Å². The molecule has 0 saturated carbocycles.